The third-order valence-electron chi connectivity index (χ3n) is 2.12. The van der Waals surface area contributed by atoms with Crippen LogP contribution in [-0.4, -0.2) is 35.2 Å². The second kappa shape index (κ2) is 6.44. The first-order valence-electron chi connectivity index (χ1n) is 5.20. The van der Waals surface area contributed by atoms with E-state index in [-0.39, 0.29) is 5.92 Å². The quantitative estimate of drug-likeness (QED) is 0.542. The van der Waals surface area contributed by atoms with Crippen molar-refractivity contribution >= 4 is 11.9 Å². The SMILES string of the molecule is CC(C)C[C@H](N)C(=O)O[C@H](C)[C@H](N)C(=O)O. The van der Waals surface area contributed by atoms with Crippen molar-refractivity contribution in [2.45, 2.75) is 45.4 Å². The first kappa shape index (κ1) is 14.9. The average Bonchev–Trinajstić information content (AvgIpc) is 2.14. The molecule has 0 unspecified atom stereocenters. The van der Waals surface area contributed by atoms with E-state index in [1.807, 2.05) is 13.8 Å². The molecule has 0 aliphatic carbocycles. The molecule has 0 amide bonds. The van der Waals surface area contributed by atoms with Crippen molar-refractivity contribution in [2.24, 2.45) is 17.4 Å². The van der Waals surface area contributed by atoms with Crippen molar-refractivity contribution < 1.29 is 19.4 Å². The van der Waals surface area contributed by atoms with Gasteiger partial charge in [0.2, 0.25) is 0 Å². The highest BCUT2D eigenvalue weighted by Gasteiger charge is 2.26. The molecular weight excluding hydrogens is 212 g/mol. The molecule has 6 heteroatoms. The van der Waals surface area contributed by atoms with Crippen LogP contribution in [0.1, 0.15) is 27.2 Å². The Morgan fingerprint density at radius 3 is 2.12 bits per heavy atom. The van der Waals surface area contributed by atoms with E-state index < -0.39 is 30.1 Å². The minimum Gasteiger partial charge on any atom is -0.480 e. The summed E-state index contributed by atoms with van der Waals surface area (Å²) in [5.74, 6) is -1.55. The highest BCUT2D eigenvalue weighted by Crippen LogP contribution is 2.06. The van der Waals surface area contributed by atoms with E-state index in [2.05, 4.69) is 0 Å². The molecule has 0 aromatic heterocycles. The van der Waals surface area contributed by atoms with E-state index in [9.17, 15) is 9.59 Å². The summed E-state index contributed by atoms with van der Waals surface area (Å²) >= 11 is 0. The molecule has 0 saturated heterocycles. The number of carbonyl (C=O) groups excluding carboxylic acids is 1. The van der Waals surface area contributed by atoms with E-state index in [4.69, 9.17) is 21.3 Å². The molecular formula is C10H20N2O4. The predicted molar refractivity (Wildman–Crippen MR) is 58.6 cm³/mol. The number of hydrogen-bond acceptors (Lipinski definition) is 5. The number of ether oxygens (including phenoxy) is 1. The minimum atomic E-state index is -1.23. The fraction of sp³-hybridized carbons (Fsp3) is 0.800. The lowest BCUT2D eigenvalue weighted by molar-refractivity contribution is -0.155. The highest BCUT2D eigenvalue weighted by molar-refractivity contribution is 5.77. The van der Waals surface area contributed by atoms with E-state index >= 15 is 0 Å². The highest BCUT2D eigenvalue weighted by atomic mass is 16.5. The second-order valence-corrected chi connectivity index (χ2v) is 4.24. The second-order valence-electron chi connectivity index (χ2n) is 4.24. The molecule has 5 N–H and O–H groups in total. The third-order valence-corrected chi connectivity index (χ3v) is 2.12. The number of nitrogens with two attached hydrogens (primary N) is 2. The Labute approximate surface area is 94.9 Å². The molecule has 0 aliphatic rings. The summed E-state index contributed by atoms with van der Waals surface area (Å²) in [4.78, 5) is 21.9. The summed E-state index contributed by atoms with van der Waals surface area (Å²) in [7, 11) is 0. The number of carbonyl (C=O) groups is 2. The summed E-state index contributed by atoms with van der Waals surface area (Å²) in [6.07, 6.45) is -0.392. The van der Waals surface area contributed by atoms with E-state index in [0.717, 1.165) is 0 Å². The van der Waals surface area contributed by atoms with Gasteiger partial charge in [-0.3, -0.25) is 9.59 Å². The molecule has 0 radical (unpaired) electrons. The average molecular weight is 232 g/mol. The van der Waals surface area contributed by atoms with Gasteiger partial charge in [-0.15, -0.1) is 0 Å². The van der Waals surface area contributed by atoms with Crippen LogP contribution in [0.5, 0.6) is 0 Å². The molecule has 0 fully saturated rings. The lowest BCUT2D eigenvalue weighted by Gasteiger charge is -2.20. The molecule has 0 bridgehead atoms. The Kier molecular flexibility index (Phi) is 5.98. The number of rotatable bonds is 6. The van der Waals surface area contributed by atoms with Gasteiger partial charge in [0.1, 0.15) is 18.2 Å². The molecule has 0 saturated carbocycles. The van der Waals surface area contributed by atoms with Crippen molar-refractivity contribution in [3.63, 3.8) is 0 Å². The Morgan fingerprint density at radius 2 is 1.75 bits per heavy atom. The van der Waals surface area contributed by atoms with Gasteiger partial charge in [0.05, 0.1) is 0 Å². The fourth-order valence-corrected chi connectivity index (χ4v) is 1.15. The van der Waals surface area contributed by atoms with Gasteiger partial charge in [0.15, 0.2) is 0 Å². The van der Waals surface area contributed by atoms with Gasteiger partial charge in [0, 0.05) is 0 Å². The summed E-state index contributed by atoms with van der Waals surface area (Å²) in [5.41, 5.74) is 10.9. The van der Waals surface area contributed by atoms with Crippen LogP contribution < -0.4 is 11.5 Å². The fourth-order valence-electron chi connectivity index (χ4n) is 1.15. The normalized spacial score (nSPS) is 16.6. The van der Waals surface area contributed by atoms with Crippen LogP contribution in [0, 0.1) is 5.92 Å². The first-order valence-corrected chi connectivity index (χ1v) is 5.20. The third kappa shape index (κ3) is 5.09. The van der Waals surface area contributed by atoms with Gasteiger partial charge in [-0.1, -0.05) is 13.8 Å². The first-order chi connectivity index (χ1) is 7.25. The Hall–Kier alpha value is -1.14. The molecule has 16 heavy (non-hydrogen) atoms. The lowest BCUT2D eigenvalue weighted by atomic mass is 10.0. The van der Waals surface area contributed by atoms with Crippen LogP contribution in [0.2, 0.25) is 0 Å². The van der Waals surface area contributed by atoms with Gasteiger partial charge in [-0.25, -0.2) is 0 Å². The summed E-state index contributed by atoms with van der Waals surface area (Å²) in [5, 5.41) is 8.60. The van der Waals surface area contributed by atoms with Crippen molar-refractivity contribution in [1.29, 1.82) is 0 Å². The summed E-state index contributed by atoms with van der Waals surface area (Å²) in [6, 6.07) is -1.96. The summed E-state index contributed by atoms with van der Waals surface area (Å²) in [6.45, 7) is 5.29. The van der Waals surface area contributed by atoms with Crippen molar-refractivity contribution in [3.8, 4) is 0 Å². The topological polar surface area (TPSA) is 116 Å². The molecule has 0 rings (SSSR count). The minimum absolute atomic E-state index is 0.269. The molecule has 0 spiro atoms. The van der Waals surface area contributed by atoms with E-state index in [0.29, 0.717) is 6.42 Å². The maximum Gasteiger partial charge on any atom is 0.324 e. The van der Waals surface area contributed by atoms with Gasteiger partial charge >= 0.3 is 11.9 Å². The molecule has 3 atom stereocenters. The standard InChI is InChI=1S/C10H20N2O4/c1-5(2)4-7(11)10(15)16-6(3)8(12)9(13)14/h5-8H,4,11-12H2,1-3H3,(H,13,14)/t6-,7+,8+/m1/s1. The van der Waals surface area contributed by atoms with Crippen LogP contribution in [-0.2, 0) is 14.3 Å². The summed E-state index contributed by atoms with van der Waals surface area (Å²) < 4.78 is 4.87. The smallest absolute Gasteiger partial charge is 0.324 e. The maximum atomic E-state index is 11.4. The van der Waals surface area contributed by atoms with E-state index in [1.165, 1.54) is 6.92 Å². The van der Waals surface area contributed by atoms with E-state index in [1.54, 1.807) is 0 Å². The van der Waals surface area contributed by atoms with Crippen LogP contribution >= 0.6 is 0 Å². The van der Waals surface area contributed by atoms with Gasteiger partial charge in [-0.2, -0.15) is 0 Å². The van der Waals surface area contributed by atoms with Crippen molar-refractivity contribution in [2.75, 3.05) is 0 Å². The number of carboxylic acids is 1. The van der Waals surface area contributed by atoms with Crippen LogP contribution in [0.25, 0.3) is 0 Å². The zero-order valence-electron chi connectivity index (χ0n) is 9.84. The zero-order chi connectivity index (χ0) is 12.9. The predicted octanol–water partition coefficient (Wildman–Crippen LogP) is -0.297. The lowest BCUT2D eigenvalue weighted by Crippen LogP contribution is -2.45. The molecule has 0 aliphatic heterocycles. The Balaban J connectivity index is 4.18. The number of esters is 1. The Bertz CT molecular complexity index is 255. The van der Waals surface area contributed by atoms with Crippen LogP contribution in [0.15, 0.2) is 0 Å². The molecule has 0 heterocycles. The Morgan fingerprint density at radius 1 is 1.25 bits per heavy atom. The van der Waals surface area contributed by atoms with Crippen LogP contribution in [0.3, 0.4) is 0 Å². The van der Waals surface area contributed by atoms with Gasteiger partial charge in [-0.05, 0) is 19.3 Å². The van der Waals surface area contributed by atoms with Gasteiger partial charge in [0.25, 0.3) is 0 Å². The molecule has 94 valence electrons. The van der Waals surface area contributed by atoms with Crippen LogP contribution in [0.4, 0.5) is 0 Å². The molecule has 0 aromatic carbocycles. The maximum absolute atomic E-state index is 11.4. The molecule has 6 nitrogen and oxygen atoms in total. The number of aliphatic carboxylic acids is 1. The van der Waals surface area contributed by atoms with Gasteiger partial charge < -0.3 is 21.3 Å². The monoisotopic (exact) mass is 232 g/mol. The molecule has 0 aromatic rings. The number of carboxylic acid groups (broad SMARTS) is 1. The van der Waals surface area contributed by atoms with Crippen molar-refractivity contribution in [1.82, 2.24) is 0 Å². The number of hydrogen-bond donors (Lipinski definition) is 3. The zero-order valence-corrected chi connectivity index (χ0v) is 9.84. The van der Waals surface area contributed by atoms with Crippen molar-refractivity contribution in [3.05, 3.63) is 0 Å². The largest absolute Gasteiger partial charge is 0.480 e.